The standard InChI is InChI=1S/C26H24N4O4/c1-16-14-22(31)27-20-12-5-6-13-21(20)30(16)23(32)15-29-24(33)26(2,28-25(29)34)19-11-7-9-17-8-3-4-10-18(17)19/h3-13,16H,14-15H2,1-2H3,(H,27,31)(H,28,34)/t16-,26+/m1/s1. The van der Waals surface area contributed by atoms with E-state index in [1.807, 2.05) is 42.5 Å². The topological polar surface area (TPSA) is 98.8 Å². The van der Waals surface area contributed by atoms with Gasteiger partial charge in [0.25, 0.3) is 5.91 Å². The van der Waals surface area contributed by atoms with Gasteiger partial charge in [0.05, 0.1) is 11.4 Å². The number of para-hydroxylation sites is 2. The van der Waals surface area contributed by atoms with Gasteiger partial charge in [-0.1, -0.05) is 54.6 Å². The van der Waals surface area contributed by atoms with Crippen molar-refractivity contribution in [1.82, 2.24) is 10.2 Å². The van der Waals surface area contributed by atoms with Crippen molar-refractivity contribution in [3.05, 3.63) is 72.3 Å². The molecule has 5 rings (SSSR count). The molecular formula is C26H24N4O4. The Balaban J connectivity index is 1.47. The summed E-state index contributed by atoms with van der Waals surface area (Å²) in [4.78, 5) is 54.6. The normalized spacial score (nSPS) is 22.3. The third-order valence-electron chi connectivity index (χ3n) is 6.52. The lowest BCUT2D eigenvalue weighted by molar-refractivity contribution is -0.134. The van der Waals surface area contributed by atoms with Gasteiger partial charge in [-0.05, 0) is 42.3 Å². The van der Waals surface area contributed by atoms with Gasteiger partial charge < -0.3 is 15.5 Å². The first kappa shape index (κ1) is 21.6. The first-order valence-corrected chi connectivity index (χ1v) is 11.1. The highest BCUT2D eigenvalue weighted by atomic mass is 16.2. The van der Waals surface area contributed by atoms with Crippen LogP contribution in [0.25, 0.3) is 10.8 Å². The number of nitrogens with zero attached hydrogens (tertiary/aromatic N) is 2. The number of benzene rings is 3. The zero-order valence-corrected chi connectivity index (χ0v) is 18.9. The number of hydrogen-bond acceptors (Lipinski definition) is 4. The van der Waals surface area contributed by atoms with Crippen molar-refractivity contribution in [1.29, 1.82) is 0 Å². The average Bonchev–Trinajstić information content (AvgIpc) is 2.95. The van der Waals surface area contributed by atoms with E-state index < -0.39 is 36.0 Å². The van der Waals surface area contributed by atoms with E-state index in [0.717, 1.165) is 15.7 Å². The summed E-state index contributed by atoms with van der Waals surface area (Å²) in [5, 5.41) is 7.41. The molecule has 0 bridgehead atoms. The maximum atomic E-state index is 13.6. The molecule has 1 saturated heterocycles. The number of rotatable bonds is 3. The zero-order chi connectivity index (χ0) is 24.0. The number of anilines is 2. The van der Waals surface area contributed by atoms with Gasteiger partial charge in [-0.25, -0.2) is 4.79 Å². The molecule has 2 aliphatic rings. The van der Waals surface area contributed by atoms with E-state index in [2.05, 4.69) is 10.6 Å². The van der Waals surface area contributed by atoms with Crippen molar-refractivity contribution in [3.8, 4) is 0 Å². The summed E-state index contributed by atoms with van der Waals surface area (Å²) >= 11 is 0. The molecule has 172 valence electrons. The largest absolute Gasteiger partial charge is 0.325 e. The molecule has 3 aromatic rings. The van der Waals surface area contributed by atoms with Crippen LogP contribution in [0.3, 0.4) is 0 Å². The number of imide groups is 1. The average molecular weight is 457 g/mol. The van der Waals surface area contributed by atoms with E-state index in [9.17, 15) is 19.2 Å². The molecule has 2 atom stereocenters. The summed E-state index contributed by atoms with van der Waals surface area (Å²) in [5.74, 6) is -1.14. The Morgan fingerprint density at radius 2 is 1.71 bits per heavy atom. The van der Waals surface area contributed by atoms with E-state index in [1.54, 1.807) is 38.1 Å². The van der Waals surface area contributed by atoms with Crippen molar-refractivity contribution in [2.24, 2.45) is 0 Å². The second-order valence-corrected chi connectivity index (χ2v) is 8.86. The molecule has 3 aromatic carbocycles. The molecule has 8 heteroatoms. The minimum Gasteiger partial charge on any atom is -0.324 e. The van der Waals surface area contributed by atoms with E-state index in [-0.39, 0.29) is 12.3 Å². The highest BCUT2D eigenvalue weighted by Gasteiger charge is 2.50. The van der Waals surface area contributed by atoms with Gasteiger partial charge >= 0.3 is 6.03 Å². The predicted molar refractivity (Wildman–Crippen MR) is 128 cm³/mol. The van der Waals surface area contributed by atoms with E-state index in [4.69, 9.17) is 0 Å². The molecular weight excluding hydrogens is 432 g/mol. The lowest BCUT2D eigenvalue weighted by Crippen LogP contribution is -2.47. The number of hydrogen-bond donors (Lipinski definition) is 2. The van der Waals surface area contributed by atoms with E-state index in [1.165, 1.54) is 4.90 Å². The molecule has 0 saturated carbocycles. The minimum atomic E-state index is -1.31. The number of amides is 5. The van der Waals surface area contributed by atoms with Crippen LogP contribution in [0.4, 0.5) is 16.2 Å². The fourth-order valence-electron chi connectivity index (χ4n) is 4.86. The maximum Gasteiger partial charge on any atom is 0.325 e. The highest BCUT2D eigenvalue weighted by molar-refractivity contribution is 6.13. The fourth-order valence-corrected chi connectivity index (χ4v) is 4.86. The SMILES string of the molecule is C[C@@H]1CC(=O)Nc2ccccc2N1C(=O)CN1C(=O)N[C@@](C)(c2cccc3ccccc23)C1=O. The number of carbonyl (C=O) groups excluding carboxylic acids is 4. The van der Waals surface area contributed by atoms with Crippen LogP contribution in [-0.2, 0) is 19.9 Å². The maximum absolute atomic E-state index is 13.6. The molecule has 0 unspecified atom stereocenters. The third-order valence-corrected chi connectivity index (χ3v) is 6.52. The quantitative estimate of drug-likeness (QED) is 0.591. The first-order valence-electron chi connectivity index (χ1n) is 11.1. The summed E-state index contributed by atoms with van der Waals surface area (Å²) in [5.41, 5.74) is 0.415. The molecule has 0 aromatic heterocycles. The summed E-state index contributed by atoms with van der Waals surface area (Å²) in [6.45, 7) is 3.00. The molecule has 0 aliphatic carbocycles. The summed E-state index contributed by atoms with van der Waals surface area (Å²) < 4.78 is 0. The summed E-state index contributed by atoms with van der Waals surface area (Å²) in [7, 11) is 0. The molecule has 34 heavy (non-hydrogen) atoms. The second-order valence-electron chi connectivity index (χ2n) is 8.86. The minimum absolute atomic E-state index is 0.105. The lowest BCUT2D eigenvalue weighted by Gasteiger charge is -2.29. The van der Waals surface area contributed by atoms with Crippen LogP contribution in [0.2, 0.25) is 0 Å². The fraction of sp³-hybridized carbons (Fsp3) is 0.231. The van der Waals surface area contributed by atoms with Crippen LogP contribution in [0.15, 0.2) is 66.7 Å². The molecule has 0 radical (unpaired) electrons. The Morgan fingerprint density at radius 3 is 2.53 bits per heavy atom. The van der Waals surface area contributed by atoms with Crippen LogP contribution in [0.5, 0.6) is 0 Å². The van der Waals surface area contributed by atoms with Crippen LogP contribution >= 0.6 is 0 Å². The molecule has 2 heterocycles. The monoisotopic (exact) mass is 456 g/mol. The first-order chi connectivity index (χ1) is 16.3. The summed E-state index contributed by atoms with van der Waals surface area (Å²) in [6.07, 6.45) is 0.105. The second kappa shape index (κ2) is 7.98. The Kier molecular flexibility index (Phi) is 5.08. The van der Waals surface area contributed by atoms with Crippen LogP contribution in [-0.4, -0.2) is 41.2 Å². The van der Waals surface area contributed by atoms with Crippen molar-refractivity contribution in [2.45, 2.75) is 31.8 Å². The predicted octanol–water partition coefficient (Wildman–Crippen LogP) is 3.37. The van der Waals surface area contributed by atoms with Gasteiger partial charge in [0.2, 0.25) is 11.8 Å². The molecule has 1 fully saturated rings. The van der Waals surface area contributed by atoms with E-state index >= 15 is 0 Å². The van der Waals surface area contributed by atoms with Crippen molar-refractivity contribution < 1.29 is 19.2 Å². The van der Waals surface area contributed by atoms with E-state index in [0.29, 0.717) is 16.9 Å². The molecule has 0 spiro atoms. The lowest BCUT2D eigenvalue weighted by atomic mass is 9.88. The number of urea groups is 1. The molecule has 5 amide bonds. The Bertz CT molecular complexity index is 1350. The number of nitrogens with one attached hydrogen (secondary N) is 2. The van der Waals surface area contributed by atoms with Gasteiger partial charge in [-0.2, -0.15) is 0 Å². The van der Waals surface area contributed by atoms with Gasteiger partial charge in [0.1, 0.15) is 12.1 Å². The van der Waals surface area contributed by atoms with Crippen molar-refractivity contribution in [3.63, 3.8) is 0 Å². The van der Waals surface area contributed by atoms with Gasteiger partial charge in [-0.3, -0.25) is 19.3 Å². The third kappa shape index (κ3) is 3.39. The summed E-state index contributed by atoms with van der Waals surface area (Å²) in [6, 6.07) is 19.2. The number of fused-ring (bicyclic) bond motifs is 2. The van der Waals surface area contributed by atoms with Crippen molar-refractivity contribution >= 4 is 45.9 Å². The smallest absolute Gasteiger partial charge is 0.324 e. The van der Waals surface area contributed by atoms with Crippen LogP contribution < -0.4 is 15.5 Å². The zero-order valence-electron chi connectivity index (χ0n) is 18.9. The van der Waals surface area contributed by atoms with Crippen LogP contribution in [0, 0.1) is 0 Å². The van der Waals surface area contributed by atoms with Gasteiger partial charge in [-0.15, -0.1) is 0 Å². The Labute approximate surface area is 196 Å². The highest BCUT2D eigenvalue weighted by Crippen LogP contribution is 2.35. The van der Waals surface area contributed by atoms with Gasteiger partial charge in [0.15, 0.2) is 0 Å². The number of carbonyl (C=O) groups is 4. The van der Waals surface area contributed by atoms with Crippen molar-refractivity contribution in [2.75, 3.05) is 16.8 Å². The van der Waals surface area contributed by atoms with Crippen LogP contribution in [0.1, 0.15) is 25.8 Å². The molecule has 8 nitrogen and oxygen atoms in total. The Hall–Kier alpha value is -4.20. The van der Waals surface area contributed by atoms with Gasteiger partial charge in [0, 0.05) is 12.5 Å². The Morgan fingerprint density at radius 1 is 1.00 bits per heavy atom. The molecule has 2 aliphatic heterocycles. The molecule has 2 N–H and O–H groups in total.